The van der Waals surface area contributed by atoms with E-state index in [2.05, 4.69) is 40.3 Å². The van der Waals surface area contributed by atoms with E-state index in [0.29, 0.717) is 18.2 Å². The van der Waals surface area contributed by atoms with Gasteiger partial charge in [0.15, 0.2) is 0 Å². The lowest BCUT2D eigenvalue weighted by molar-refractivity contribution is 0.0699. The standard InChI is InChI=1S/C20H23N5O/c1-12-4-7-15-17(9-12)22-19(21-15)14-3-2-8-25(11-14)20(26)18-10-16(23-24-18)13-5-6-13/h4,7,9-10,13-14H,2-3,5-6,8,11H2,1H3,(H,21,22)(H,23,24). The summed E-state index contributed by atoms with van der Waals surface area (Å²) in [5.74, 6) is 1.85. The minimum absolute atomic E-state index is 0.0322. The Labute approximate surface area is 152 Å². The second-order valence-corrected chi connectivity index (χ2v) is 7.72. The van der Waals surface area contributed by atoms with Crippen LogP contribution in [0.3, 0.4) is 0 Å². The molecule has 134 valence electrons. The number of likely N-dealkylation sites (tertiary alicyclic amines) is 1. The van der Waals surface area contributed by atoms with Crippen LogP contribution in [0.4, 0.5) is 0 Å². The molecule has 1 aliphatic heterocycles. The first-order chi connectivity index (χ1) is 12.7. The molecule has 1 amide bonds. The van der Waals surface area contributed by atoms with Gasteiger partial charge in [-0.1, -0.05) is 6.07 Å². The Bertz CT molecular complexity index is 968. The lowest BCUT2D eigenvalue weighted by Gasteiger charge is -2.31. The van der Waals surface area contributed by atoms with Crippen molar-refractivity contribution in [1.82, 2.24) is 25.1 Å². The molecule has 26 heavy (non-hydrogen) atoms. The van der Waals surface area contributed by atoms with Crippen LogP contribution in [-0.2, 0) is 0 Å². The van der Waals surface area contributed by atoms with Gasteiger partial charge in [-0.15, -0.1) is 0 Å². The van der Waals surface area contributed by atoms with Crippen LogP contribution in [0.2, 0.25) is 0 Å². The number of aromatic nitrogens is 4. The first-order valence-corrected chi connectivity index (χ1v) is 9.48. The highest BCUT2D eigenvalue weighted by atomic mass is 16.2. The zero-order valence-corrected chi connectivity index (χ0v) is 15.0. The molecule has 1 atom stereocenters. The van der Waals surface area contributed by atoms with Crippen LogP contribution in [0, 0.1) is 6.92 Å². The summed E-state index contributed by atoms with van der Waals surface area (Å²) in [6, 6.07) is 8.20. The Morgan fingerprint density at radius 3 is 2.92 bits per heavy atom. The first kappa shape index (κ1) is 15.6. The number of imidazole rings is 1. The molecule has 0 bridgehead atoms. The summed E-state index contributed by atoms with van der Waals surface area (Å²) in [7, 11) is 0. The van der Waals surface area contributed by atoms with E-state index in [1.807, 2.05) is 11.0 Å². The SMILES string of the molecule is Cc1ccc2nc(C3CCCN(C(=O)c4cc(C5CC5)[nH]n4)C3)[nH]c2c1. The zero-order valence-electron chi connectivity index (χ0n) is 15.0. The lowest BCUT2D eigenvalue weighted by atomic mass is 9.97. The fourth-order valence-electron chi connectivity index (χ4n) is 3.93. The molecular formula is C20H23N5O. The molecule has 2 N–H and O–H groups in total. The molecule has 6 nitrogen and oxygen atoms in total. The number of fused-ring (bicyclic) bond motifs is 1. The van der Waals surface area contributed by atoms with Crippen molar-refractivity contribution < 1.29 is 4.79 Å². The second kappa shape index (κ2) is 5.97. The maximum atomic E-state index is 12.9. The molecule has 2 aromatic heterocycles. The number of carbonyl (C=O) groups excluding carboxylic acids is 1. The summed E-state index contributed by atoms with van der Waals surface area (Å²) in [4.78, 5) is 23.0. The van der Waals surface area contributed by atoms with Crippen LogP contribution in [0.15, 0.2) is 24.3 Å². The maximum absolute atomic E-state index is 12.9. The predicted molar refractivity (Wildman–Crippen MR) is 99.3 cm³/mol. The van der Waals surface area contributed by atoms with Crippen molar-refractivity contribution in [2.75, 3.05) is 13.1 Å². The van der Waals surface area contributed by atoms with Crippen LogP contribution in [-0.4, -0.2) is 44.1 Å². The maximum Gasteiger partial charge on any atom is 0.274 e. The number of benzene rings is 1. The van der Waals surface area contributed by atoms with E-state index in [-0.39, 0.29) is 11.8 Å². The number of rotatable bonds is 3. The average Bonchev–Trinajstić information content (AvgIpc) is 3.24. The number of hydrogen-bond donors (Lipinski definition) is 2. The Morgan fingerprint density at radius 1 is 1.19 bits per heavy atom. The molecular weight excluding hydrogens is 326 g/mol. The van der Waals surface area contributed by atoms with Gasteiger partial charge in [-0.25, -0.2) is 4.98 Å². The van der Waals surface area contributed by atoms with Crippen LogP contribution < -0.4 is 0 Å². The molecule has 1 saturated carbocycles. The van der Waals surface area contributed by atoms with Crippen LogP contribution in [0.5, 0.6) is 0 Å². The summed E-state index contributed by atoms with van der Waals surface area (Å²) < 4.78 is 0. The highest BCUT2D eigenvalue weighted by Crippen LogP contribution is 2.39. The molecule has 1 unspecified atom stereocenters. The molecule has 1 aromatic carbocycles. The van der Waals surface area contributed by atoms with E-state index in [4.69, 9.17) is 4.98 Å². The molecule has 0 spiro atoms. The second-order valence-electron chi connectivity index (χ2n) is 7.72. The van der Waals surface area contributed by atoms with Gasteiger partial charge in [0.05, 0.1) is 11.0 Å². The third kappa shape index (κ3) is 2.79. The third-order valence-corrected chi connectivity index (χ3v) is 5.58. The molecule has 5 rings (SSSR count). The number of amides is 1. The Morgan fingerprint density at radius 2 is 2.08 bits per heavy atom. The molecule has 6 heteroatoms. The zero-order chi connectivity index (χ0) is 17.7. The molecule has 0 radical (unpaired) electrons. The van der Waals surface area contributed by atoms with Gasteiger partial charge in [-0.05, 0) is 56.4 Å². The van der Waals surface area contributed by atoms with Crippen LogP contribution in [0.1, 0.15) is 65.1 Å². The number of aromatic amines is 2. The fourth-order valence-corrected chi connectivity index (χ4v) is 3.93. The van der Waals surface area contributed by atoms with Gasteiger partial charge in [-0.2, -0.15) is 5.10 Å². The molecule has 1 aliphatic carbocycles. The number of hydrogen-bond acceptors (Lipinski definition) is 3. The third-order valence-electron chi connectivity index (χ3n) is 5.58. The first-order valence-electron chi connectivity index (χ1n) is 9.48. The Hall–Kier alpha value is -2.63. The van der Waals surface area contributed by atoms with Crippen molar-refractivity contribution in [3.8, 4) is 0 Å². The summed E-state index contributed by atoms with van der Waals surface area (Å²) in [5.41, 5.74) is 4.95. The molecule has 3 heterocycles. The van der Waals surface area contributed by atoms with Gasteiger partial charge < -0.3 is 9.88 Å². The van der Waals surface area contributed by atoms with Crippen molar-refractivity contribution in [3.63, 3.8) is 0 Å². The molecule has 2 fully saturated rings. The monoisotopic (exact) mass is 349 g/mol. The number of nitrogens with one attached hydrogen (secondary N) is 2. The van der Waals surface area contributed by atoms with E-state index in [1.165, 1.54) is 18.4 Å². The minimum atomic E-state index is 0.0322. The number of nitrogens with zero attached hydrogens (tertiary/aromatic N) is 3. The molecule has 1 saturated heterocycles. The van der Waals surface area contributed by atoms with Crippen LogP contribution in [0.25, 0.3) is 11.0 Å². The van der Waals surface area contributed by atoms with Crippen molar-refractivity contribution in [2.24, 2.45) is 0 Å². The molecule has 2 aliphatic rings. The van der Waals surface area contributed by atoms with E-state index >= 15 is 0 Å². The van der Waals surface area contributed by atoms with Crippen LogP contribution >= 0.6 is 0 Å². The summed E-state index contributed by atoms with van der Waals surface area (Å²) in [6.07, 6.45) is 4.45. The number of carbonyl (C=O) groups is 1. The smallest absolute Gasteiger partial charge is 0.274 e. The number of piperidine rings is 1. The summed E-state index contributed by atoms with van der Waals surface area (Å²) in [6.45, 7) is 3.57. The van der Waals surface area contributed by atoms with Gasteiger partial charge in [0.1, 0.15) is 11.5 Å². The van der Waals surface area contributed by atoms with Gasteiger partial charge in [-0.3, -0.25) is 9.89 Å². The van der Waals surface area contributed by atoms with Gasteiger partial charge in [0.2, 0.25) is 0 Å². The van der Waals surface area contributed by atoms with Crippen molar-refractivity contribution >= 4 is 16.9 Å². The van der Waals surface area contributed by atoms with Crippen molar-refractivity contribution in [2.45, 2.75) is 44.4 Å². The lowest BCUT2D eigenvalue weighted by Crippen LogP contribution is -2.39. The molecule has 3 aromatic rings. The number of aryl methyl sites for hydroxylation is 1. The highest BCUT2D eigenvalue weighted by molar-refractivity contribution is 5.92. The van der Waals surface area contributed by atoms with E-state index < -0.39 is 0 Å². The van der Waals surface area contributed by atoms with E-state index in [1.54, 1.807) is 0 Å². The highest BCUT2D eigenvalue weighted by Gasteiger charge is 2.30. The van der Waals surface area contributed by atoms with Gasteiger partial charge in [0.25, 0.3) is 5.91 Å². The Balaban J connectivity index is 1.35. The van der Waals surface area contributed by atoms with Crippen molar-refractivity contribution in [1.29, 1.82) is 0 Å². The normalized spacial score (nSPS) is 20.7. The van der Waals surface area contributed by atoms with Gasteiger partial charge >= 0.3 is 0 Å². The average molecular weight is 349 g/mol. The summed E-state index contributed by atoms with van der Waals surface area (Å²) in [5, 5.41) is 7.29. The number of H-pyrrole nitrogens is 2. The largest absolute Gasteiger partial charge is 0.342 e. The van der Waals surface area contributed by atoms with E-state index in [9.17, 15) is 4.79 Å². The fraction of sp³-hybridized carbons (Fsp3) is 0.450. The minimum Gasteiger partial charge on any atom is -0.342 e. The van der Waals surface area contributed by atoms with Crippen molar-refractivity contribution in [3.05, 3.63) is 47.0 Å². The predicted octanol–water partition coefficient (Wildman–Crippen LogP) is 3.49. The van der Waals surface area contributed by atoms with Gasteiger partial charge in [0, 0.05) is 30.6 Å². The summed E-state index contributed by atoms with van der Waals surface area (Å²) >= 11 is 0. The topological polar surface area (TPSA) is 77.7 Å². The Kier molecular flexibility index (Phi) is 3.58. The van der Waals surface area contributed by atoms with E-state index in [0.717, 1.165) is 41.9 Å². The quantitative estimate of drug-likeness (QED) is 0.760.